The van der Waals surface area contributed by atoms with Gasteiger partial charge in [0, 0.05) is 0 Å². The van der Waals surface area contributed by atoms with Crippen LogP contribution in [-0.2, 0) is 9.47 Å². The van der Waals surface area contributed by atoms with Crippen LogP contribution in [0.15, 0.2) is 32.7 Å². The van der Waals surface area contributed by atoms with Crippen molar-refractivity contribution in [3.63, 3.8) is 0 Å². The molecule has 4 nitrogen and oxygen atoms in total. The van der Waals surface area contributed by atoms with E-state index >= 15 is 0 Å². The van der Waals surface area contributed by atoms with Gasteiger partial charge in [0.1, 0.15) is 9.75 Å². The van der Waals surface area contributed by atoms with Gasteiger partial charge in [-0.05, 0) is 24.3 Å². The summed E-state index contributed by atoms with van der Waals surface area (Å²) in [6, 6.07) is 7.18. The van der Waals surface area contributed by atoms with Gasteiger partial charge in [0.05, 0.1) is 22.6 Å². The van der Waals surface area contributed by atoms with E-state index in [2.05, 4.69) is 9.47 Å². The van der Waals surface area contributed by atoms with Crippen LogP contribution in [-0.4, -0.2) is 26.2 Å². The first-order chi connectivity index (χ1) is 9.13. The van der Waals surface area contributed by atoms with Crippen molar-refractivity contribution in [2.75, 3.05) is 14.2 Å². The molecule has 0 aliphatic heterocycles. The Bertz CT molecular complexity index is 547. The average Bonchev–Trinajstić information content (AvgIpc) is 3.07. The van der Waals surface area contributed by atoms with Gasteiger partial charge in [0.15, 0.2) is 0 Å². The molecule has 0 spiro atoms. The maximum atomic E-state index is 11.3. The lowest BCUT2D eigenvalue weighted by molar-refractivity contribution is 0.0597. The summed E-state index contributed by atoms with van der Waals surface area (Å²) in [5.41, 5.74) is 0. The van der Waals surface area contributed by atoms with Crippen LogP contribution in [0.4, 0.5) is 0 Å². The zero-order valence-electron chi connectivity index (χ0n) is 10.2. The Labute approximate surface area is 122 Å². The maximum absolute atomic E-state index is 11.3. The van der Waals surface area contributed by atoms with Gasteiger partial charge < -0.3 is 9.47 Å². The van der Waals surface area contributed by atoms with Crippen molar-refractivity contribution >= 4 is 46.4 Å². The van der Waals surface area contributed by atoms with E-state index in [1.54, 1.807) is 12.1 Å². The Balaban J connectivity index is 2.09. The molecule has 0 unspecified atom stereocenters. The molecule has 0 saturated carbocycles. The fraction of sp³-hybridized carbons (Fsp3) is 0.167. The largest absolute Gasteiger partial charge is 0.465 e. The molecule has 0 atom stereocenters. The molecule has 0 aromatic carbocycles. The zero-order chi connectivity index (χ0) is 13.8. The molecule has 2 heterocycles. The molecule has 0 amide bonds. The summed E-state index contributed by atoms with van der Waals surface area (Å²) < 4.78 is 11.2. The van der Waals surface area contributed by atoms with Crippen molar-refractivity contribution in [3.8, 4) is 0 Å². The molecular formula is C12H10O4S3. The molecule has 0 radical (unpaired) electrons. The van der Waals surface area contributed by atoms with E-state index in [1.165, 1.54) is 48.7 Å². The Morgan fingerprint density at radius 1 is 0.895 bits per heavy atom. The third-order valence-corrected chi connectivity index (χ3v) is 5.53. The molecule has 0 aliphatic carbocycles. The SMILES string of the molecule is COC(=O)c1ccc(Sc2ccc(C(=O)OC)s2)s1. The Hall–Kier alpha value is -1.31. The summed E-state index contributed by atoms with van der Waals surface area (Å²) in [6.07, 6.45) is 0. The summed E-state index contributed by atoms with van der Waals surface area (Å²) in [6.45, 7) is 0. The molecule has 0 bridgehead atoms. The van der Waals surface area contributed by atoms with E-state index in [1.807, 2.05) is 12.1 Å². The van der Waals surface area contributed by atoms with E-state index < -0.39 is 0 Å². The van der Waals surface area contributed by atoms with Gasteiger partial charge in [0.25, 0.3) is 0 Å². The van der Waals surface area contributed by atoms with E-state index in [0.717, 1.165) is 8.42 Å². The van der Waals surface area contributed by atoms with Crippen LogP contribution in [0.2, 0.25) is 0 Å². The predicted molar refractivity (Wildman–Crippen MR) is 75.4 cm³/mol. The van der Waals surface area contributed by atoms with Crippen LogP contribution in [0.3, 0.4) is 0 Å². The first-order valence-corrected chi connectivity index (χ1v) is 7.63. The Morgan fingerprint density at radius 3 is 1.68 bits per heavy atom. The van der Waals surface area contributed by atoms with Crippen LogP contribution in [0.1, 0.15) is 19.3 Å². The highest BCUT2D eigenvalue weighted by molar-refractivity contribution is 8.02. The van der Waals surface area contributed by atoms with Gasteiger partial charge >= 0.3 is 11.9 Å². The van der Waals surface area contributed by atoms with Crippen molar-refractivity contribution in [2.24, 2.45) is 0 Å². The number of methoxy groups -OCH3 is 2. The molecule has 19 heavy (non-hydrogen) atoms. The molecule has 0 N–H and O–H groups in total. The lowest BCUT2D eigenvalue weighted by Crippen LogP contribution is -1.96. The van der Waals surface area contributed by atoms with Crippen molar-refractivity contribution in [2.45, 2.75) is 8.42 Å². The van der Waals surface area contributed by atoms with Crippen LogP contribution in [0.5, 0.6) is 0 Å². The van der Waals surface area contributed by atoms with Crippen LogP contribution >= 0.6 is 34.4 Å². The summed E-state index contributed by atoms with van der Waals surface area (Å²) in [4.78, 5) is 23.8. The number of hydrogen-bond donors (Lipinski definition) is 0. The van der Waals surface area contributed by atoms with Crippen molar-refractivity contribution in [1.29, 1.82) is 0 Å². The molecule has 0 fully saturated rings. The zero-order valence-corrected chi connectivity index (χ0v) is 12.6. The van der Waals surface area contributed by atoms with Crippen LogP contribution in [0.25, 0.3) is 0 Å². The normalized spacial score (nSPS) is 10.2. The van der Waals surface area contributed by atoms with Crippen LogP contribution in [0, 0.1) is 0 Å². The van der Waals surface area contributed by atoms with Gasteiger partial charge in [0.2, 0.25) is 0 Å². The quantitative estimate of drug-likeness (QED) is 0.808. The Morgan fingerprint density at radius 2 is 1.32 bits per heavy atom. The third-order valence-electron chi connectivity index (χ3n) is 2.14. The number of carbonyl (C=O) groups excluding carboxylic acids is 2. The lowest BCUT2D eigenvalue weighted by Gasteiger charge is -1.94. The topological polar surface area (TPSA) is 52.6 Å². The van der Waals surface area contributed by atoms with E-state index in [9.17, 15) is 9.59 Å². The second-order valence-electron chi connectivity index (χ2n) is 3.32. The maximum Gasteiger partial charge on any atom is 0.348 e. The van der Waals surface area contributed by atoms with Gasteiger partial charge in [-0.1, -0.05) is 11.8 Å². The summed E-state index contributed by atoms with van der Waals surface area (Å²) in [5, 5.41) is 0. The van der Waals surface area contributed by atoms with E-state index in [0.29, 0.717) is 9.75 Å². The molecule has 2 rings (SSSR count). The molecular weight excluding hydrogens is 304 g/mol. The number of hydrogen-bond acceptors (Lipinski definition) is 7. The minimum absolute atomic E-state index is 0.335. The first kappa shape index (κ1) is 14.1. The molecule has 2 aromatic heterocycles. The van der Waals surface area contributed by atoms with Crippen molar-refractivity contribution in [1.82, 2.24) is 0 Å². The predicted octanol–water partition coefficient (Wildman–Crippen LogP) is 3.53. The summed E-state index contributed by atoms with van der Waals surface area (Å²) in [7, 11) is 2.72. The monoisotopic (exact) mass is 314 g/mol. The number of ether oxygens (including phenoxy) is 2. The van der Waals surface area contributed by atoms with Gasteiger partial charge in [-0.15, -0.1) is 22.7 Å². The smallest absolute Gasteiger partial charge is 0.348 e. The molecule has 2 aromatic rings. The average molecular weight is 314 g/mol. The summed E-state index contributed by atoms with van der Waals surface area (Å²) in [5.74, 6) is -0.670. The fourth-order valence-corrected chi connectivity index (χ4v) is 4.62. The van der Waals surface area contributed by atoms with Gasteiger partial charge in [-0.3, -0.25) is 0 Å². The molecule has 7 heteroatoms. The second kappa shape index (κ2) is 6.23. The molecule has 100 valence electrons. The van der Waals surface area contributed by atoms with E-state index in [4.69, 9.17) is 0 Å². The first-order valence-electron chi connectivity index (χ1n) is 5.18. The molecule has 0 aliphatic rings. The highest BCUT2D eigenvalue weighted by atomic mass is 32.2. The van der Waals surface area contributed by atoms with E-state index in [-0.39, 0.29) is 11.9 Å². The minimum Gasteiger partial charge on any atom is -0.465 e. The lowest BCUT2D eigenvalue weighted by atomic mass is 10.5. The second-order valence-corrected chi connectivity index (χ2v) is 7.09. The molecule has 0 saturated heterocycles. The summed E-state index contributed by atoms with van der Waals surface area (Å²) >= 11 is 4.23. The number of carbonyl (C=O) groups is 2. The standard InChI is InChI=1S/C12H10O4S3/c1-15-11(13)7-3-5-9(17-7)19-10-6-4-8(18-10)12(14)16-2/h3-6H,1-2H3. The minimum atomic E-state index is -0.335. The highest BCUT2D eigenvalue weighted by Crippen LogP contribution is 2.37. The number of thiophene rings is 2. The van der Waals surface area contributed by atoms with Gasteiger partial charge in [-0.25, -0.2) is 9.59 Å². The van der Waals surface area contributed by atoms with Crippen molar-refractivity contribution in [3.05, 3.63) is 34.0 Å². The third kappa shape index (κ3) is 3.37. The fourth-order valence-electron chi connectivity index (χ4n) is 1.27. The number of rotatable bonds is 4. The van der Waals surface area contributed by atoms with Crippen LogP contribution < -0.4 is 0 Å². The van der Waals surface area contributed by atoms with Crippen molar-refractivity contribution < 1.29 is 19.1 Å². The van der Waals surface area contributed by atoms with Gasteiger partial charge in [-0.2, -0.15) is 0 Å². The number of esters is 2. The highest BCUT2D eigenvalue weighted by Gasteiger charge is 2.13. The Kier molecular flexibility index (Phi) is 4.62.